The van der Waals surface area contributed by atoms with Crippen molar-refractivity contribution >= 4 is 0 Å². The number of rotatable bonds is 5. The second-order valence-corrected chi connectivity index (χ2v) is 5.97. The monoisotopic (exact) mass is 296 g/mol. The molecular weight excluding hydrogens is 272 g/mol. The van der Waals surface area contributed by atoms with E-state index in [1.165, 1.54) is 12.8 Å². The zero-order chi connectivity index (χ0) is 15.2. The number of hydrogen-bond acceptors (Lipinski definition) is 3. The summed E-state index contributed by atoms with van der Waals surface area (Å²) in [6.45, 7) is 3.01. The van der Waals surface area contributed by atoms with Gasteiger partial charge >= 0.3 is 0 Å². The molecule has 1 saturated heterocycles. The van der Waals surface area contributed by atoms with Crippen molar-refractivity contribution in [3.8, 4) is 5.75 Å². The van der Waals surface area contributed by atoms with Gasteiger partial charge < -0.3 is 15.8 Å². The van der Waals surface area contributed by atoms with E-state index in [0.717, 1.165) is 36.6 Å². The molecule has 0 aromatic heterocycles. The quantitative estimate of drug-likeness (QED) is 0.891. The molecule has 116 valence electrons. The summed E-state index contributed by atoms with van der Waals surface area (Å²) in [5.41, 5.74) is 8.58. The van der Waals surface area contributed by atoms with Crippen LogP contribution >= 0.6 is 0 Å². The van der Waals surface area contributed by atoms with Crippen molar-refractivity contribution < 1.29 is 4.74 Å². The van der Waals surface area contributed by atoms with Crippen molar-refractivity contribution in [2.45, 2.75) is 18.9 Å². The van der Waals surface area contributed by atoms with Gasteiger partial charge in [0.05, 0.1) is 12.6 Å². The molecule has 0 saturated carbocycles. The minimum Gasteiger partial charge on any atom is -0.493 e. The van der Waals surface area contributed by atoms with E-state index in [1.54, 1.807) is 0 Å². The molecule has 1 aliphatic rings. The Bertz CT molecular complexity index is 579. The van der Waals surface area contributed by atoms with Crippen LogP contribution in [-0.2, 0) is 0 Å². The third-order valence-electron chi connectivity index (χ3n) is 4.32. The Labute approximate surface area is 132 Å². The average molecular weight is 296 g/mol. The van der Waals surface area contributed by atoms with Crippen LogP contribution in [0.2, 0.25) is 0 Å². The summed E-state index contributed by atoms with van der Waals surface area (Å²) in [4.78, 5) is 0. The van der Waals surface area contributed by atoms with E-state index in [0.29, 0.717) is 5.92 Å². The van der Waals surface area contributed by atoms with Gasteiger partial charge in [-0.2, -0.15) is 0 Å². The lowest BCUT2D eigenvalue weighted by Gasteiger charge is -2.23. The van der Waals surface area contributed by atoms with Gasteiger partial charge in [-0.3, -0.25) is 0 Å². The molecule has 3 heteroatoms. The molecule has 0 radical (unpaired) electrons. The predicted octanol–water partition coefficient (Wildman–Crippen LogP) is 3.11. The third-order valence-corrected chi connectivity index (χ3v) is 4.32. The predicted molar refractivity (Wildman–Crippen MR) is 90.0 cm³/mol. The number of piperidine rings is 1. The fraction of sp³-hybridized carbons (Fsp3) is 0.368. The topological polar surface area (TPSA) is 47.3 Å². The van der Waals surface area contributed by atoms with Crippen LogP contribution in [-0.4, -0.2) is 19.7 Å². The Morgan fingerprint density at radius 1 is 1.00 bits per heavy atom. The highest BCUT2D eigenvalue weighted by Gasteiger charge is 2.14. The lowest BCUT2D eigenvalue weighted by Crippen LogP contribution is -2.30. The van der Waals surface area contributed by atoms with Gasteiger partial charge in [0.25, 0.3) is 0 Å². The number of benzene rings is 2. The Kier molecular flexibility index (Phi) is 5.09. The first-order chi connectivity index (χ1) is 10.8. The molecule has 0 bridgehead atoms. The first-order valence-corrected chi connectivity index (χ1v) is 8.07. The summed E-state index contributed by atoms with van der Waals surface area (Å²) in [7, 11) is 0. The number of hydrogen-bond donors (Lipinski definition) is 2. The Morgan fingerprint density at radius 2 is 1.73 bits per heavy atom. The molecule has 2 aromatic carbocycles. The van der Waals surface area contributed by atoms with E-state index >= 15 is 0 Å². The van der Waals surface area contributed by atoms with Gasteiger partial charge in [-0.15, -0.1) is 0 Å². The van der Waals surface area contributed by atoms with Crippen molar-refractivity contribution in [1.82, 2.24) is 5.32 Å². The molecule has 0 spiro atoms. The van der Waals surface area contributed by atoms with E-state index < -0.39 is 0 Å². The Balaban J connectivity index is 1.64. The normalized spacial score (nSPS) is 17.1. The maximum absolute atomic E-state index is 6.36. The van der Waals surface area contributed by atoms with Crippen molar-refractivity contribution in [3.05, 3.63) is 65.7 Å². The van der Waals surface area contributed by atoms with Crippen LogP contribution in [0.4, 0.5) is 0 Å². The molecule has 1 fully saturated rings. The summed E-state index contributed by atoms with van der Waals surface area (Å²) in [5.74, 6) is 1.58. The van der Waals surface area contributed by atoms with Gasteiger partial charge in [0.15, 0.2) is 0 Å². The van der Waals surface area contributed by atoms with E-state index in [1.807, 2.05) is 30.3 Å². The van der Waals surface area contributed by atoms with Crippen LogP contribution in [0.25, 0.3) is 0 Å². The molecule has 0 aliphatic carbocycles. The largest absolute Gasteiger partial charge is 0.493 e. The first-order valence-electron chi connectivity index (χ1n) is 8.07. The zero-order valence-electron chi connectivity index (χ0n) is 12.9. The number of ether oxygens (including phenoxy) is 1. The third kappa shape index (κ3) is 3.87. The van der Waals surface area contributed by atoms with Crippen LogP contribution in [0.1, 0.15) is 30.0 Å². The molecule has 1 atom stereocenters. The molecular formula is C19H24N2O. The molecule has 0 amide bonds. The lowest BCUT2D eigenvalue weighted by molar-refractivity contribution is 0.215. The van der Waals surface area contributed by atoms with Gasteiger partial charge in [-0.05, 0) is 55.1 Å². The SMILES string of the molecule is N[C@@H](c1ccccc1)c1cccc(OCC2CCNCC2)c1. The van der Waals surface area contributed by atoms with E-state index in [4.69, 9.17) is 10.5 Å². The van der Waals surface area contributed by atoms with Crippen LogP contribution in [0.3, 0.4) is 0 Å². The van der Waals surface area contributed by atoms with Crippen molar-refractivity contribution in [1.29, 1.82) is 0 Å². The zero-order valence-corrected chi connectivity index (χ0v) is 12.9. The van der Waals surface area contributed by atoms with Crippen LogP contribution in [0.5, 0.6) is 5.75 Å². The highest BCUT2D eigenvalue weighted by molar-refractivity contribution is 5.36. The van der Waals surface area contributed by atoms with Crippen LogP contribution < -0.4 is 15.8 Å². The summed E-state index contributed by atoms with van der Waals surface area (Å²) >= 11 is 0. The Morgan fingerprint density at radius 3 is 2.50 bits per heavy atom. The summed E-state index contributed by atoms with van der Waals surface area (Å²) in [6, 6.07) is 18.2. The second kappa shape index (κ2) is 7.43. The van der Waals surface area contributed by atoms with Crippen molar-refractivity contribution in [3.63, 3.8) is 0 Å². The average Bonchev–Trinajstić information content (AvgIpc) is 2.61. The summed E-state index contributed by atoms with van der Waals surface area (Å²) in [6.07, 6.45) is 2.40. The van der Waals surface area contributed by atoms with E-state index in [-0.39, 0.29) is 6.04 Å². The molecule has 1 aliphatic heterocycles. The number of nitrogens with two attached hydrogens (primary N) is 1. The maximum atomic E-state index is 6.36. The molecule has 3 rings (SSSR count). The molecule has 0 unspecified atom stereocenters. The molecule has 2 aromatic rings. The van der Waals surface area contributed by atoms with Crippen molar-refractivity contribution in [2.24, 2.45) is 11.7 Å². The van der Waals surface area contributed by atoms with Crippen LogP contribution in [0.15, 0.2) is 54.6 Å². The Hall–Kier alpha value is -1.84. The first kappa shape index (κ1) is 15.1. The fourth-order valence-corrected chi connectivity index (χ4v) is 2.91. The van der Waals surface area contributed by atoms with Gasteiger partial charge in [-0.1, -0.05) is 42.5 Å². The smallest absolute Gasteiger partial charge is 0.119 e. The standard InChI is InChI=1S/C19H24N2O/c20-19(16-5-2-1-3-6-16)17-7-4-8-18(13-17)22-14-15-9-11-21-12-10-15/h1-8,13,15,19,21H,9-12,14,20H2/t19-/m0/s1. The van der Waals surface area contributed by atoms with Gasteiger partial charge in [0.1, 0.15) is 5.75 Å². The van der Waals surface area contributed by atoms with Gasteiger partial charge in [0.2, 0.25) is 0 Å². The van der Waals surface area contributed by atoms with E-state index in [2.05, 4.69) is 29.6 Å². The minimum absolute atomic E-state index is 0.108. The lowest BCUT2D eigenvalue weighted by atomic mass is 9.99. The maximum Gasteiger partial charge on any atom is 0.119 e. The van der Waals surface area contributed by atoms with E-state index in [9.17, 15) is 0 Å². The molecule has 1 heterocycles. The fourth-order valence-electron chi connectivity index (χ4n) is 2.91. The molecule has 22 heavy (non-hydrogen) atoms. The highest BCUT2D eigenvalue weighted by Crippen LogP contribution is 2.24. The number of nitrogens with one attached hydrogen (secondary N) is 1. The van der Waals surface area contributed by atoms with Crippen LogP contribution in [0, 0.1) is 5.92 Å². The second-order valence-electron chi connectivity index (χ2n) is 5.97. The summed E-state index contributed by atoms with van der Waals surface area (Å²) in [5, 5.41) is 3.38. The molecule has 3 N–H and O–H groups in total. The minimum atomic E-state index is -0.108. The highest BCUT2D eigenvalue weighted by atomic mass is 16.5. The van der Waals surface area contributed by atoms with Gasteiger partial charge in [0, 0.05) is 0 Å². The van der Waals surface area contributed by atoms with Crippen molar-refractivity contribution in [2.75, 3.05) is 19.7 Å². The molecule has 3 nitrogen and oxygen atoms in total. The van der Waals surface area contributed by atoms with Gasteiger partial charge in [-0.25, -0.2) is 0 Å². The summed E-state index contributed by atoms with van der Waals surface area (Å²) < 4.78 is 5.99.